The van der Waals surface area contributed by atoms with Gasteiger partial charge in [0.05, 0.1) is 24.2 Å². The maximum absolute atomic E-state index is 10.8. The second-order valence-corrected chi connectivity index (χ2v) is 6.55. The molecule has 112 valence electrons. The van der Waals surface area contributed by atoms with Crippen molar-refractivity contribution >= 4 is 0 Å². The highest BCUT2D eigenvalue weighted by molar-refractivity contribution is 5.32. The number of aliphatic hydroxyl groups excluding tert-OH is 1. The van der Waals surface area contributed by atoms with E-state index in [1.165, 1.54) is 6.42 Å². The van der Waals surface area contributed by atoms with Gasteiger partial charge in [-0.25, -0.2) is 0 Å². The molecule has 0 saturated heterocycles. The van der Waals surface area contributed by atoms with Gasteiger partial charge >= 0.3 is 0 Å². The topological polar surface area (TPSA) is 53.2 Å². The van der Waals surface area contributed by atoms with Crippen LogP contribution in [0.4, 0.5) is 0 Å². The third-order valence-electron chi connectivity index (χ3n) is 5.26. The highest BCUT2D eigenvalue weighted by atomic mass is 16.5. The predicted molar refractivity (Wildman–Crippen MR) is 80.7 cm³/mol. The Morgan fingerprint density at radius 2 is 2.14 bits per heavy atom. The average Bonchev–Trinajstić information content (AvgIpc) is 3.14. The van der Waals surface area contributed by atoms with Crippen molar-refractivity contribution in [3.05, 3.63) is 29.8 Å². The quantitative estimate of drug-likeness (QED) is 0.894. The van der Waals surface area contributed by atoms with E-state index in [1.54, 1.807) is 0 Å². The highest BCUT2D eigenvalue weighted by Crippen LogP contribution is 2.60. The Morgan fingerprint density at radius 3 is 2.67 bits per heavy atom. The van der Waals surface area contributed by atoms with Crippen LogP contribution in [-0.2, 0) is 0 Å². The molecular weight excluding hydrogens is 262 g/mol. The van der Waals surface area contributed by atoms with Gasteiger partial charge in [-0.15, -0.1) is 0 Å². The van der Waals surface area contributed by atoms with Crippen LogP contribution in [0.25, 0.3) is 0 Å². The fourth-order valence-corrected chi connectivity index (χ4v) is 4.17. The van der Waals surface area contributed by atoms with Crippen LogP contribution in [0.15, 0.2) is 24.3 Å². The largest absolute Gasteiger partial charge is 0.494 e. The zero-order valence-corrected chi connectivity index (χ0v) is 12.6. The minimum Gasteiger partial charge on any atom is -0.494 e. The first-order chi connectivity index (χ1) is 10.2. The molecular formula is C18H23NO2. The molecule has 0 heterocycles. The molecule has 0 amide bonds. The van der Waals surface area contributed by atoms with Gasteiger partial charge in [0, 0.05) is 0 Å². The molecule has 4 unspecified atom stereocenters. The van der Waals surface area contributed by atoms with E-state index in [2.05, 4.69) is 13.0 Å². The Kier molecular flexibility index (Phi) is 3.91. The molecule has 0 aromatic heterocycles. The molecule has 1 aromatic carbocycles. The molecule has 2 fully saturated rings. The number of nitrogens with zero attached hydrogens (tertiary/aromatic N) is 1. The normalized spacial score (nSPS) is 31.9. The molecule has 1 aromatic rings. The third kappa shape index (κ3) is 2.42. The Bertz CT molecular complexity index is 533. The number of hydrogen-bond acceptors (Lipinski definition) is 3. The number of rotatable bonds is 5. The number of hydrogen-bond donors (Lipinski definition) is 1. The third-order valence-corrected chi connectivity index (χ3v) is 5.26. The van der Waals surface area contributed by atoms with Crippen molar-refractivity contribution in [1.29, 1.82) is 5.26 Å². The lowest BCUT2D eigenvalue weighted by atomic mass is 9.68. The minimum atomic E-state index is -0.682. The molecule has 2 aliphatic rings. The molecule has 1 N–H and O–H groups in total. The zero-order chi connectivity index (χ0) is 14.9. The van der Waals surface area contributed by atoms with Crippen LogP contribution >= 0.6 is 0 Å². The maximum atomic E-state index is 10.8. The molecule has 3 rings (SSSR count). The maximum Gasteiger partial charge on any atom is 0.119 e. The van der Waals surface area contributed by atoms with Crippen molar-refractivity contribution < 1.29 is 9.84 Å². The van der Waals surface area contributed by atoms with Gasteiger partial charge in [0.2, 0.25) is 0 Å². The van der Waals surface area contributed by atoms with Gasteiger partial charge in [-0.2, -0.15) is 5.26 Å². The number of fused-ring (bicyclic) bond motifs is 2. The first kappa shape index (κ1) is 14.4. The lowest BCUT2D eigenvalue weighted by molar-refractivity contribution is 0.0233. The summed E-state index contributed by atoms with van der Waals surface area (Å²) in [6.45, 7) is 2.78. The second kappa shape index (κ2) is 5.69. The molecule has 4 atom stereocenters. The zero-order valence-electron chi connectivity index (χ0n) is 12.6. The van der Waals surface area contributed by atoms with Crippen LogP contribution in [-0.4, -0.2) is 11.7 Å². The molecule has 0 spiro atoms. The first-order valence-electron chi connectivity index (χ1n) is 8.01. The first-order valence-corrected chi connectivity index (χ1v) is 8.01. The Labute approximate surface area is 126 Å². The smallest absolute Gasteiger partial charge is 0.119 e. The van der Waals surface area contributed by atoms with Crippen molar-refractivity contribution in [3.8, 4) is 11.8 Å². The summed E-state index contributed by atoms with van der Waals surface area (Å²) in [7, 11) is 0. The summed E-state index contributed by atoms with van der Waals surface area (Å²) in [5, 5.41) is 20.5. The Balaban J connectivity index is 1.78. The van der Waals surface area contributed by atoms with E-state index >= 15 is 0 Å². The number of aliphatic hydroxyl groups is 1. The highest BCUT2D eigenvalue weighted by Gasteiger charge is 2.55. The molecule has 0 radical (unpaired) electrons. The standard InChI is InChI=1S/C18H23NO2/c1-2-9-21-16-7-4-14(5-8-16)17(20)18(12-19)11-13-3-6-15(18)10-13/h4-5,7-8,13,15,17,20H,2-3,6,9-11H2,1H3. The summed E-state index contributed by atoms with van der Waals surface area (Å²) in [6, 6.07) is 10.1. The average molecular weight is 285 g/mol. The Hall–Kier alpha value is -1.53. The van der Waals surface area contributed by atoms with Crippen LogP contribution in [0.5, 0.6) is 5.75 Å². The SMILES string of the molecule is CCCOc1ccc(C(O)C2(C#N)CC3CCC2C3)cc1. The summed E-state index contributed by atoms with van der Waals surface area (Å²) in [4.78, 5) is 0. The number of benzene rings is 1. The van der Waals surface area contributed by atoms with Gasteiger partial charge in [-0.1, -0.05) is 25.5 Å². The molecule has 2 aliphatic carbocycles. The van der Waals surface area contributed by atoms with Crippen LogP contribution < -0.4 is 4.74 Å². The van der Waals surface area contributed by atoms with Crippen LogP contribution in [0.3, 0.4) is 0 Å². The van der Waals surface area contributed by atoms with E-state index in [4.69, 9.17) is 4.74 Å². The monoisotopic (exact) mass is 285 g/mol. The van der Waals surface area contributed by atoms with Gasteiger partial charge in [0.15, 0.2) is 0 Å². The summed E-state index contributed by atoms with van der Waals surface area (Å²) in [6.07, 6.45) is 4.58. The van der Waals surface area contributed by atoms with Crippen molar-refractivity contribution in [1.82, 2.24) is 0 Å². The van der Waals surface area contributed by atoms with E-state index in [0.717, 1.165) is 37.0 Å². The van der Waals surface area contributed by atoms with Crippen molar-refractivity contribution in [3.63, 3.8) is 0 Å². The van der Waals surface area contributed by atoms with Gasteiger partial charge in [0.1, 0.15) is 5.75 Å². The minimum absolute atomic E-state index is 0.360. The summed E-state index contributed by atoms with van der Waals surface area (Å²) in [5.74, 6) is 1.82. The van der Waals surface area contributed by atoms with E-state index in [9.17, 15) is 10.4 Å². The van der Waals surface area contributed by atoms with Crippen molar-refractivity contribution in [2.75, 3.05) is 6.61 Å². The van der Waals surface area contributed by atoms with Gasteiger partial charge in [-0.3, -0.25) is 0 Å². The number of nitriles is 1. The second-order valence-electron chi connectivity index (χ2n) is 6.55. The van der Waals surface area contributed by atoms with E-state index in [1.807, 2.05) is 24.3 Å². The van der Waals surface area contributed by atoms with Crippen LogP contribution in [0, 0.1) is 28.6 Å². The van der Waals surface area contributed by atoms with Gasteiger partial charge < -0.3 is 9.84 Å². The molecule has 2 saturated carbocycles. The predicted octanol–water partition coefficient (Wildman–Crippen LogP) is 3.84. The molecule has 21 heavy (non-hydrogen) atoms. The molecule has 0 aliphatic heterocycles. The van der Waals surface area contributed by atoms with Crippen LogP contribution in [0.2, 0.25) is 0 Å². The van der Waals surface area contributed by atoms with Crippen LogP contribution in [0.1, 0.15) is 50.7 Å². The number of ether oxygens (including phenoxy) is 1. The molecule has 2 bridgehead atoms. The van der Waals surface area contributed by atoms with E-state index in [0.29, 0.717) is 18.4 Å². The van der Waals surface area contributed by atoms with E-state index in [-0.39, 0.29) is 0 Å². The fraction of sp³-hybridized carbons (Fsp3) is 0.611. The summed E-state index contributed by atoms with van der Waals surface area (Å²) in [5.41, 5.74) is 0.266. The van der Waals surface area contributed by atoms with Gasteiger partial charge in [0.25, 0.3) is 0 Å². The van der Waals surface area contributed by atoms with Crippen molar-refractivity contribution in [2.24, 2.45) is 17.3 Å². The summed E-state index contributed by atoms with van der Waals surface area (Å²) >= 11 is 0. The van der Waals surface area contributed by atoms with E-state index < -0.39 is 11.5 Å². The molecule has 3 heteroatoms. The summed E-state index contributed by atoms with van der Waals surface area (Å²) < 4.78 is 5.57. The molecule has 3 nitrogen and oxygen atoms in total. The van der Waals surface area contributed by atoms with Gasteiger partial charge in [-0.05, 0) is 55.2 Å². The fourth-order valence-electron chi connectivity index (χ4n) is 4.17. The van der Waals surface area contributed by atoms with Crippen molar-refractivity contribution in [2.45, 2.75) is 45.1 Å². The lowest BCUT2D eigenvalue weighted by Crippen LogP contribution is -2.33. The lowest BCUT2D eigenvalue weighted by Gasteiger charge is -2.35. The Morgan fingerprint density at radius 1 is 1.38 bits per heavy atom.